The molecule has 1 aromatic heterocycles. The molecular weight excluding hydrogens is 350 g/mol. The summed E-state index contributed by atoms with van der Waals surface area (Å²) in [5.74, 6) is 1.87. The van der Waals surface area contributed by atoms with Crippen LogP contribution in [0.4, 0.5) is 0 Å². The summed E-state index contributed by atoms with van der Waals surface area (Å²) < 4.78 is 11.2. The van der Waals surface area contributed by atoms with Gasteiger partial charge in [0.1, 0.15) is 5.76 Å². The number of nitrogens with one attached hydrogen (secondary N) is 2. The van der Waals surface area contributed by atoms with Crippen molar-refractivity contribution in [2.24, 2.45) is 4.99 Å². The molecule has 2 N–H and O–H groups in total. The van der Waals surface area contributed by atoms with Crippen molar-refractivity contribution in [3.63, 3.8) is 0 Å². The SMILES string of the molecule is c1ccc(CCNC(=NCCCC2CCCCO2)NCCc2ccco2)cc1. The van der Waals surface area contributed by atoms with Gasteiger partial charge in [-0.25, -0.2) is 0 Å². The van der Waals surface area contributed by atoms with Crippen LogP contribution >= 0.6 is 0 Å². The maximum atomic E-state index is 5.81. The van der Waals surface area contributed by atoms with Crippen molar-refractivity contribution < 1.29 is 9.15 Å². The highest BCUT2D eigenvalue weighted by molar-refractivity contribution is 5.79. The minimum atomic E-state index is 0.436. The zero-order valence-electron chi connectivity index (χ0n) is 16.7. The Morgan fingerprint density at radius 1 is 1.00 bits per heavy atom. The van der Waals surface area contributed by atoms with Crippen molar-refractivity contribution in [2.45, 2.75) is 51.0 Å². The summed E-state index contributed by atoms with van der Waals surface area (Å²) in [7, 11) is 0. The lowest BCUT2D eigenvalue weighted by Gasteiger charge is -2.22. The third kappa shape index (κ3) is 7.77. The predicted molar refractivity (Wildman–Crippen MR) is 114 cm³/mol. The molecule has 3 rings (SSSR count). The monoisotopic (exact) mass is 383 g/mol. The number of ether oxygens (including phenoxy) is 1. The molecule has 1 unspecified atom stereocenters. The average molecular weight is 384 g/mol. The Bertz CT molecular complexity index is 664. The van der Waals surface area contributed by atoms with Crippen LogP contribution in [0.3, 0.4) is 0 Å². The van der Waals surface area contributed by atoms with Gasteiger partial charge < -0.3 is 19.8 Å². The first kappa shape index (κ1) is 20.5. The smallest absolute Gasteiger partial charge is 0.191 e. The van der Waals surface area contributed by atoms with E-state index in [1.165, 1.54) is 24.8 Å². The number of hydrogen-bond donors (Lipinski definition) is 2. The molecule has 1 aromatic carbocycles. The number of benzene rings is 1. The fourth-order valence-corrected chi connectivity index (χ4v) is 3.45. The van der Waals surface area contributed by atoms with E-state index >= 15 is 0 Å². The van der Waals surface area contributed by atoms with Crippen LogP contribution in [-0.2, 0) is 17.6 Å². The van der Waals surface area contributed by atoms with Gasteiger partial charge in [-0.2, -0.15) is 0 Å². The minimum absolute atomic E-state index is 0.436. The van der Waals surface area contributed by atoms with Gasteiger partial charge in [-0.3, -0.25) is 4.99 Å². The van der Waals surface area contributed by atoms with E-state index in [0.717, 1.165) is 63.6 Å². The highest BCUT2D eigenvalue weighted by atomic mass is 16.5. The fraction of sp³-hybridized carbons (Fsp3) is 0.522. The Morgan fingerprint density at radius 2 is 1.86 bits per heavy atom. The second kappa shape index (κ2) is 12.2. The summed E-state index contributed by atoms with van der Waals surface area (Å²) in [6.45, 7) is 3.41. The van der Waals surface area contributed by atoms with Gasteiger partial charge >= 0.3 is 0 Å². The quantitative estimate of drug-likeness (QED) is 0.371. The van der Waals surface area contributed by atoms with Crippen LogP contribution in [0, 0.1) is 0 Å². The molecule has 0 aliphatic carbocycles. The maximum absolute atomic E-state index is 5.81. The molecule has 28 heavy (non-hydrogen) atoms. The molecule has 0 saturated carbocycles. The van der Waals surface area contributed by atoms with E-state index in [0.29, 0.717) is 6.10 Å². The van der Waals surface area contributed by atoms with Crippen molar-refractivity contribution in [1.82, 2.24) is 10.6 Å². The van der Waals surface area contributed by atoms with E-state index < -0.39 is 0 Å². The first-order valence-corrected chi connectivity index (χ1v) is 10.6. The summed E-state index contributed by atoms with van der Waals surface area (Å²) >= 11 is 0. The molecule has 1 fully saturated rings. The average Bonchev–Trinajstić information content (AvgIpc) is 3.26. The van der Waals surface area contributed by atoms with E-state index in [9.17, 15) is 0 Å². The van der Waals surface area contributed by atoms with Crippen LogP contribution < -0.4 is 10.6 Å². The number of hydrogen-bond acceptors (Lipinski definition) is 3. The summed E-state index contributed by atoms with van der Waals surface area (Å²) in [5.41, 5.74) is 1.33. The Kier molecular flexibility index (Phi) is 8.95. The van der Waals surface area contributed by atoms with Crippen LogP contribution in [-0.4, -0.2) is 38.3 Å². The Balaban J connectivity index is 1.41. The lowest BCUT2D eigenvalue weighted by molar-refractivity contribution is 0.0105. The number of rotatable bonds is 10. The van der Waals surface area contributed by atoms with Gasteiger partial charge in [0.25, 0.3) is 0 Å². The van der Waals surface area contributed by atoms with Crippen molar-refractivity contribution >= 4 is 5.96 Å². The molecule has 5 nitrogen and oxygen atoms in total. The third-order valence-electron chi connectivity index (χ3n) is 5.02. The Hall–Kier alpha value is -2.27. The van der Waals surface area contributed by atoms with E-state index in [1.54, 1.807) is 6.26 Å². The van der Waals surface area contributed by atoms with Gasteiger partial charge in [-0.05, 0) is 56.2 Å². The predicted octanol–water partition coefficient (Wildman–Crippen LogP) is 3.95. The molecule has 1 aliphatic heterocycles. The molecule has 1 saturated heterocycles. The van der Waals surface area contributed by atoms with Crippen molar-refractivity contribution in [3.05, 3.63) is 60.1 Å². The molecule has 2 heterocycles. The van der Waals surface area contributed by atoms with Crippen molar-refractivity contribution in [2.75, 3.05) is 26.2 Å². The van der Waals surface area contributed by atoms with E-state index in [4.69, 9.17) is 14.1 Å². The summed E-state index contributed by atoms with van der Waals surface area (Å²) in [4.78, 5) is 4.77. The van der Waals surface area contributed by atoms with Crippen molar-refractivity contribution in [3.8, 4) is 0 Å². The second-order valence-corrected chi connectivity index (χ2v) is 7.28. The molecule has 2 aromatic rings. The lowest BCUT2D eigenvalue weighted by Crippen LogP contribution is -2.39. The van der Waals surface area contributed by atoms with Gasteiger partial charge in [-0.15, -0.1) is 0 Å². The molecule has 0 amide bonds. The van der Waals surface area contributed by atoms with E-state index in [1.807, 2.05) is 12.1 Å². The minimum Gasteiger partial charge on any atom is -0.469 e. The molecule has 0 bridgehead atoms. The molecule has 1 aliphatic rings. The standard InChI is InChI=1S/C23H33N3O2/c1-2-8-20(9-3-1)13-16-25-23(26-17-14-22-12-7-19-28-22)24-15-6-11-21-10-4-5-18-27-21/h1-3,7-9,12,19,21H,4-6,10-11,13-18H2,(H2,24,25,26). The maximum Gasteiger partial charge on any atom is 0.191 e. The second-order valence-electron chi connectivity index (χ2n) is 7.28. The molecule has 5 heteroatoms. The van der Waals surface area contributed by atoms with Crippen LogP contribution in [0.15, 0.2) is 58.1 Å². The zero-order chi connectivity index (χ0) is 19.3. The summed E-state index contributed by atoms with van der Waals surface area (Å²) in [6, 6.07) is 14.5. The Labute approximate surface area is 168 Å². The third-order valence-corrected chi connectivity index (χ3v) is 5.02. The Morgan fingerprint density at radius 3 is 2.61 bits per heavy atom. The first-order chi connectivity index (χ1) is 13.9. The van der Waals surface area contributed by atoms with Gasteiger partial charge in [0.05, 0.1) is 12.4 Å². The first-order valence-electron chi connectivity index (χ1n) is 10.6. The topological polar surface area (TPSA) is 58.8 Å². The normalized spacial score (nSPS) is 17.4. The van der Waals surface area contributed by atoms with Crippen LogP contribution in [0.1, 0.15) is 43.4 Å². The molecular formula is C23H33N3O2. The summed E-state index contributed by atoms with van der Waals surface area (Å²) in [5, 5.41) is 6.89. The van der Waals surface area contributed by atoms with E-state index in [2.05, 4.69) is 41.0 Å². The molecule has 1 atom stereocenters. The van der Waals surface area contributed by atoms with Crippen LogP contribution in [0.5, 0.6) is 0 Å². The molecule has 152 valence electrons. The highest BCUT2D eigenvalue weighted by Crippen LogP contribution is 2.16. The number of furan rings is 1. The highest BCUT2D eigenvalue weighted by Gasteiger charge is 2.12. The van der Waals surface area contributed by atoms with Crippen LogP contribution in [0.25, 0.3) is 0 Å². The number of aliphatic imine (C=N–C) groups is 1. The zero-order valence-corrected chi connectivity index (χ0v) is 16.7. The van der Waals surface area contributed by atoms with Gasteiger partial charge in [-0.1, -0.05) is 30.3 Å². The van der Waals surface area contributed by atoms with Gasteiger partial charge in [0, 0.05) is 32.7 Å². The van der Waals surface area contributed by atoms with Crippen molar-refractivity contribution in [1.29, 1.82) is 0 Å². The van der Waals surface area contributed by atoms with Crippen LogP contribution in [0.2, 0.25) is 0 Å². The molecule has 0 spiro atoms. The molecule has 0 radical (unpaired) electrons. The van der Waals surface area contributed by atoms with E-state index in [-0.39, 0.29) is 0 Å². The number of guanidine groups is 1. The number of nitrogens with zero attached hydrogens (tertiary/aromatic N) is 1. The van der Waals surface area contributed by atoms with Gasteiger partial charge in [0.15, 0.2) is 5.96 Å². The largest absolute Gasteiger partial charge is 0.469 e. The summed E-state index contributed by atoms with van der Waals surface area (Å²) in [6.07, 6.45) is 9.87. The van der Waals surface area contributed by atoms with Gasteiger partial charge in [0.2, 0.25) is 0 Å². The lowest BCUT2D eigenvalue weighted by atomic mass is 10.1. The fourth-order valence-electron chi connectivity index (χ4n) is 3.45.